The van der Waals surface area contributed by atoms with E-state index >= 15 is 0 Å². The molecule has 19 heavy (non-hydrogen) atoms. The molecular weight excluding hydrogens is 310 g/mol. The van der Waals surface area contributed by atoms with Crippen molar-refractivity contribution in [2.45, 2.75) is 18.9 Å². The van der Waals surface area contributed by atoms with Gasteiger partial charge in [-0.2, -0.15) is 0 Å². The van der Waals surface area contributed by atoms with Gasteiger partial charge in [0.25, 0.3) is 5.91 Å². The van der Waals surface area contributed by atoms with Crippen molar-refractivity contribution >= 4 is 21.8 Å². The highest BCUT2D eigenvalue weighted by atomic mass is 79.9. The number of halogens is 1. The molecule has 1 saturated carbocycles. The van der Waals surface area contributed by atoms with Crippen LogP contribution in [0.1, 0.15) is 23.2 Å². The molecule has 1 atom stereocenters. The van der Waals surface area contributed by atoms with E-state index < -0.39 is 6.10 Å². The van der Waals surface area contributed by atoms with Gasteiger partial charge in [-0.05, 0) is 37.0 Å². The predicted octanol–water partition coefficient (Wildman–Crippen LogP) is 1.97. The van der Waals surface area contributed by atoms with Crippen molar-refractivity contribution in [3.8, 4) is 0 Å². The number of carbonyl (C=O) groups is 1. The highest BCUT2D eigenvalue weighted by molar-refractivity contribution is 9.10. The highest BCUT2D eigenvalue weighted by Gasteiger charge is 2.21. The monoisotopic (exact) mass is 327 g/mol. The van der Waals surface area contributed by atoms with E-state index in [1.54, 1.807) is 18.2 Å². The first-order chi connectivity index (χ1) is 9.15. The molecule has 2 rings (SSSR count). The fourth-order valence-electron chi connectivity index (χ4n) is 1.66. The summed E-state index contributed by atoms with van der Waals surface area (Å²) in [7, 11) is 0. The molecule has 1 unspecified atom stereocenters. The van der Waals surface area contributed by atoms with Gasteiger partial charge in [0.2, 0.25) is 0 Å². The Morgan fingerprint density at radius 1 is 1.53 bits per heavy atom. The number of hydrogen-bond acceptors (Lipinski definition) is 3. The number of aliphatic hydroxyl groups is 1. The van der Waals surface area contributed by atoms with Crippen LogP contribution in [0.2, 0.25) is 0 Å². The van der Waals surface area contributed by atoms with Crippen LogP contribution in [0.15, 0.2) is 28.7 Å². The van der Waals surface area contributed by atoms with E-state index in [-0.39, 0.29) is 19.1 Å². The summed E-state index contributed by atoms with van der Waals surface area (Å²) in [5.41, 5.74) is 0.570. The van der Waals surface area contributed by atoms with Gasteiger partial charge in [-0.3, -0.25) is 4.79 Å². The maximum absolute atomic E-state index is 11.8. The van der Waals surface area contributed by atoms with Crippen molar-refractivity contribution in [1.29, 1.82) is 0 Å². The minimum absolute atomic E-state index is 0.192. The van der Waals surface area contributed by atoms with E-state index in [0.717, 1.165) is 11.1 Å². The second-order valence-electron chi connectivity index (χ2n) is 4.86. The number of carbonyl (C=O) groups excluding carboxylic acids is 1. The molecule has 0 aromatic heterocycles. The molecule has 0 spiro atoms. The normalized spacial score (nSPS) is 16.1. The second kappa shape index (κ2) is 7.03. The van der Waals surface area contributed by atoms with Gasteiger partial charge in [0, 0.05) is 23.2 Å². The molecule has 1 fully saturated rings. The highest BCUT2D eigenvalue weighted by Crippen LogP contribution is 2.28. The van der Waals surface area contributed by atoms with Crippen LogP contribution in [0.3, 0.4) is 0 Å². The summed E-state index contributed by atoms with van der Waals surface area (Å²) in [6.07, 6.45) is 1.81. The summed E-state index contributed by atoms with van der Waals surface area (Å²) in [6, 6.07) is 7.13. The summed E-state index contributed by atoms with van der Waals surface area (Å²) < 4.78 is 6.22. The molecule has 0 heterocycles. The zero-order valence-corrected chi connectivity index (χ0v) is 12.2. The molecule has 5 heteroatoms. The zero-order valence-electron chi connectivity index (χ0n) is 10.6. The number of hydrogen-bond donors (Lipinski definition) is 2. The van der Waals surface area contributed by atoms with Crippen LogP contribution in [0.25, 0.3) is 0 Å². The van der Waals surface area contributed by atoms with E-state index in [2.05, 4.69) is 21.2 Å². The third-order valence-corrected chi connectivity index (χ3v) is 3.44. The van der Waals surface area contributed by atoms with Gasteiger partial charge in [-0.1, -0.05) is 22.0 Å². The van der Waals surface area contributed by atoms with Crippen LogP contribution in [-0.4, -0.2) is 36.9 Å². The van der Waals surface area contributed by atoms with E-state index in [9.17, 15) is 9.90 Å². The fourth-order valence-corrected chi connectivity index (χ4v) is 2.06. The Kier molecular flexibility index (Phi) is 5.36. The zero-order chi connectivity index (χ0) is 13.7. The summed E-state index contributed by atoms with van der Waals surface area (Å²) in [5, 5.41) is 12.4. The lowest BCUT2D eigenvalue weighted by molar-refractivity contribution is 0.0320. The predicted molar refractivity (Wildman–Crippen MR) is 76.0 cm³/mol. The first kappa shape index (κ1) is 14.5. The minimum Gasteiger partial charge on any atom is -0.389 e. The smallest absolute Gasteiger partial charge is 0.251 e. The Labute approximate surface area is 121 Å². The maximum atomic E-state index is 11.8. The van der Waals surface area contributed by atoms with Crippen LogP contribution in [0, 0.1) is 5.92 Å². The molecular formula is C14H18BrNO3. The number of amides is 1. The first-order valence-electron chi connectivity index (χ1n) is 6.44. The number of ether oxygens (including phenoxy) is 1. The number of nitrogens with one attached hydrogen (secondary N) is 1. The van der Waals surface area contributed by atoms with Gasteiger partial charge < -0.3 is 15.2 Å². The molecule has 0 aliphatic heterocycles. The quantitative estimate of drug-likeness (QED) is 0.805. The standard InChI is InChI=1S/C14H18BrNO3/c15-12-3-1-2-11(6-12)14(18)16-7-13(17)9-19-8-10-4-5-10/h1-3,6,10,13,17H,4-5,7-9H2,(H,16,18). The molecule has 104 valence electrons. The van der Waals surface area contributed by atoms with Crippen LogP contribution in [-0.2, 0) is 4.74 Å². The maximum Gasteiger partial charge on any atom is 0.251 e. The Morgan fingerprint density at radius 3 is 3.00 bits per heavy atom. The minimum atomic E-state index is -0.658. The molecule has 1 aromatic carbocycles. The van der Waals surface area contributed by atoms with Crippen molar-refractivity contribution in [3.05, 3.63) is 34.3 Å². The van der Waals surface area contributed by atoms with Crippen molar-refractivity contribution in [2.24, 2.45) is 5.92 Å². The van der Waals surface area contributed by atoms with Crippen LogP contribution >= 0.6 is 15.9 Å². The van der Waals surface area contributed by atoms with Crippen LogP contribution in [0.4, 0.5) is 0 Å². The van der Waals surface area contributed by atoms with Crippen molar-refractivity contribution < 1.29 is 14.6 Å². The Bertz CT molecular complexity index is 434. The number of aliphatic hydroxyl groups excluding tert-OH is 1. The Hall–Kier alpha value is -0.910. The molecule has 1 aliphatic carbocycles. The van der Waals surface area contributed by atoms with Gasteiger partial charge in [0.15, 0.2) is 0 Å². The topological polar surface area (TPSA) is 58.6 Å². The summed E-state index contributed by atoms with van der Waals surface area (Å²) in [4.78, 5) is 11.8. The van der Waals surface area contributed by atoms with E-state index in [0.29, 0.717) is 11.5 Å². The Morgan fingerprint density at radius 2 is 2.32 bits per heavy atom. The third kappa shape index (κ3) is 5.30. The van der Waals surface area contributed by atoms with E-state index in [4.69, 9.17) is 4.74 Å². The van der Waals surface area contributed by atoms with Gasteiger partial charge in [-0.15, -0.1) is 0 Å². The van der Waals surface area contributed by atoms with Gasteiger partial charge >= 0.3 is 0 Å². The van der Waals surface area contributed by atoms with Crippen molar-refractivity contribution in [2.75, 3.05) is 19.8 Å². The molecule has 1 aromatic rings. The van der Waals surface area contributed by atoms with Gasteiger partial charge in [0.05, 0.1) is 12.7 Å². The van der Waals surface area contributed by atoms with Crippen LogP contribution in [0.5, 0.6) is 0 Å². The lowest BCUT2D eigenvalue weighted by atomic mass is 10.2. The van der Waals surface area contributed by atoms with Crippen LogP contribution < -0.4 is 5.32 Å². The molecule has 4 nitrogen and oxygen atoms in total. The average molecular weight is 328 g/mol. The Balaban J connectivity index is 1.67. The van der Waals surface area contributed by atoms with Crippen molar-refractivity contribution in [3.63, 3.8) is 0 Å². The molecule has 0 bridgehead atoms. The molecule has 2 N–H and O–H groups in total. The third-order valence-electron chi connectivity index (χ3n) is 2.95. The lowest BCUT2D eigenvalue weighted by Crippen LogP contribution is -2.34. The largest absolute Gasteiger partial charge is 0.389 e. The summed E-state index contributed by atoms with van der Waals surface area (Å²) in [5.74, 6) is 0.492. The average Bonchev–Trinajstić information content (AvgIpc) is 3.20. The molecule has 0 radical (unpaired) electrons. The molecule has 1 amide bonds. The van der Waals surface area contributed by atoms with E-state index in [1.165, 1.54) is 12.8 Å². The SMILES string of the molecule is O=C(NCC(O)COCC1CC1)c1cccc(Br)c1. The molecule has 1 aliphatic rings. The van der Waals surface area contributed by atoms with E-state index in [1.807, 2.05) is 6.07 Å². The van der Waals surface area contributed by atoms with Gasteiger partial charge in [-0.25, -0.2) is 0 Å². The van der Waals surface area contributed by atoms with Crippen molar-refractivity contribution in [1.82, 2.24) is 5.32 Å². The molecule has 0 saturated heterocycles. The first-order valence-corrected chi connectivity index (χ1v) is 7.24. The summed E-state index contributed by atoms with van der Waals surface area (Å²) in [6.45, 7) is 1.20. The van der Waals surface area contributed by atoms with Gasteiger partial charge in [0.1, 0.15) is 0 Å². The second-order valence-corrected chi connectivity index (χ2v) is 5.77. The number of benzene rings is 1. The lowest BCUT2D eigenvalue weighted by Gasteiger charge is -2.12. The summed E-state index contributed by atoms with van der Waals surface area (Å²) >= 11 is 3.31. The number of rotatable bonds is 7. The fraction of sp³-hybridized carbons (Fsp3) is 0.500.